The van der Waals surface area contributed by atoms with Crippen LogP contribution in [-0.2, 0) is 16.1 Å². The minimum Gasteiger partial charge on any atom is -0.454 e. The molecular weight excluding hydrogens is 314 g/mol. The van der Waals surface area contributed by atoms with Crippen molar-refractivity contribution in [1.29, 1.82) is 0 Å². The molecule has 1 atom stereocenters. The Hall–Kier alpha value is -2.77. The third-order valence-corrected chi connectivity index (χ3v) is 4.28. The highest BCUT2D eigenvalue weighted by atomic mass is 16.7. The summed E-state index contributed by atoms with van der Waals surface area (Å²) in [4.78, 5) is 37.1. The van der Waals surface area contributed by atoms with Crippen molar-refractivity contribution in [2.75, 3.05) is 13.3 Å². The summed E-state index contributed by atoms with van der Waals surface area (Å²) in [7, 11) is 0. The van der Waals surface area contributed by atoms with E-state index in [2.05, 4.69) is 10.6 Å². The highest BCUT2D eigenvalue weighted by Gasteiger charge is 2.46. The number of hydrogen-bond acceptors (Lipinski definition) is 5. The summed E-state index contributed by atoms with van der Waals surface area (Å²) in [6.07, 6.45) is 0.465. The van der Waals surface area contributed by atoms with Gasteiger partial charge in [0.1, 0.15) is 12.1 Å². The Kier molecular flexibility index (Phi) is 4.04. The average Bonchev–Trinajstić information content (AvgIpc) is 3.11. The molecule has 0 bridgehead atoms. The summed E-state index contributed by atoms with van der Waals surface area (Å²) in [6.45, 7) is 3.61. The smallest absolute Gasteiger partial charge is 0.325 e. The molecule has 0 spiro atoms. The fraction of sp³-hybridized carbons (Fsp3) is 0.438. The molecule has 1 aromatic rings. The van der Waals surface area contributed by atoms with Crippen molar-refractivity contribution in [1.82, 2.24) is 15.5 Å². The van der Waals surface area contributed by atoms with Crippen LogP contribution >= 0.6 is 0 Å². The number of nitrogens with zero attached hydrogens (tertiary/aromatic N) is 1. The Balaban J connectivity index is 1.56. The van der Waals surface area contributed by atoms with Gasteiger partial charge in [-0.2, -0.15) is 0 Å². The lowest BCUT2D eigenvalue weighted by molar-refractivity contribution is -0.134. The number of urea groups is 1. The van der Waals surface area contributed by atoms with Gasteiger partial charge >= 0.3 is 6.03 Å². The second-order valence-electron chi connectivity index (χ2n) is 5.97. The van der Waals surface area contributed by atoms with Gasteiger partial charge in [-0.1, -0.05) is 13.0 Å². The zero-order valence-electron chi connectivity index (χ0n) is 13.5. The number of nitrogens with one attached hydrogen (secondary N) is 2. The van der Waals surface area contributed by atoms with Crippen LogP contribution in [0.4, 0.5) is 4.79 Å². The summed E-state index contributed by atoms with van der Waals surface area (Å²) < 4.78 is 10.5. The molecule has 4 amide bonds. The van der Waals surface area contributed by atoms with Crippen molar-refractivity contribution in [2.45, 2.75) is 32.4 Å². The van der Waals surface area contributed by atoms with Crippen molar-refractivity contribution >= 4 is 17.8 Å². The first-order valence-corrected chi connectivity index (χ1v) is 7.72. The number of carbonyl (C=O) groups excluding carboxylic acids is 3. The quantitative estimate of drug-likeness (QED) is 0.775. The number of ether oxygens (including phenoxy) is 2. The van der Waals surface area contributed by atoms with Gasteiger partial charge in [0.25, 0.3) is 5.91 Å². The van der Waals surface area contributed by atoms with E-state index >= 15 is 0 Å². The minimum atomic E-state index is -0.936. The van der Waals surface area contributed by atoms with Gasteiger partial charge in [0.2, 0.25) is 12.7 Å². The fourth-order valence-corrected chi connectivity index (χ4v) is 2.58. The van der Waals surface area contributed by atoms with Crippen molar-refractivity contribution in [2.24, 2.45) is 0 Å². The van der Waals surface area contributed by atoms with E-state index in [4.69, 9.17) is 9.47 Å². The molecule has 1 saturated heterocycles. The normalized spacial score (nSPS) is 21.8. The van der Waals surface area contributed by atoms with Crippen LogP contribution < -0.4 is 20.1 Å². The van der Waals surface area contributed by atoms with Crippen LogP contribution in [0.2, 0.25) is 0 Å². The molecule has 0 aliphatic carbocycles. The first-order valence-electron chi connectivity index (χ1n) is 7.72. The van der Waals surface area contributed by atoms with Crippen LogP contribution in [-0.4, -0.2) is 41.6 Å². The molecule has 8 nitrogen and oxygen atoms in total. The predicted molar refractivity (Wildman–Crippen MR) is 83.4 cm³/mol. The van der Waals surface area contributed by atoms with E-state index in [1.807, 2.05) is 6.07 Å². The van der Waals surface area contributed by atoms with E-state index in [0.29, 0.717) is 17.9 Å². The Labute approximate surface area is 139 Å². The Morgan fingerprint density at radius 1 is 1.33 bits per heavy atom. The molecule has 1 fully saturated rings. The first kappa shape index (κ1) is 16.1. The number of hydrogen-bond donors (Lipinski definition) is 2. The lowest BCUT2D eigenvalue weighted by atomic mass is 9.99. The van der Waals surface area contributed by atoms with Crippen LogP contribution in [0.25, 0.3) is 0 Å². The maximum Gasteiger partial charge on any atom is 0.325 e. The van der Waals surface area contributed by atoms with E-state index in [9.17, 15) is 14.4 Å². The molecule has 0 unspecified atom stereocenters. The van der Waals surface area contributed by atoms with Crippen molar-refractivity contribution in [3.8, 4) is 11.5 Å². The molecule has 2 aliphatic heterocycles. The summed E-state index contributed by atoms with van der Waals surface area (Å²) in [5, 5.41) is 5.31. The molecule has 1 aromatic carbocycles. The van der Waals surface area contributed by atoms with Crippen molar-refractivity contribution in [3.05, 3.63) is 23.8 Å². The zero-order valence-corrected chi connectivity index (χ0v) is 13.5. The van der Waals surface area contributed by atoms with E-state index in [1.54, 1.807) is 26.0 Å². The lowest BCUT2D eigenvalue weighted by Crippen LogP contribution is -2.44. The second-order valence-corrected chi connectivity index (χ2v) is 5.97. The summed E-state index contributed by atoms with van der Waals surface area (Å²) in [6, 6.07) is 4.83. The predicted octanol–water partition coefficient (Wildman–Crippen LogP) is 0.752. The van der Waals surface area contributed by atoms with Gasteiger partial charge in [-0.25, -0.2) is 4.79 Å². The third kappa shape index (κ3) is 2.86. The zero-order chi connectivity index (χ0) is 17.3. The molecule has 0 saturated carbocycles. The molecule has 2 N–H and O–H groups in total. The lowest BCUT2D eigenvalue weighted by Gasteiger charge is -2.19. The minimum absolute atomic E-state index is 0.188. The van der Waals surface area contributed by atoms with Gasteiger partial charge < -0.3 is 20.1 Å². The summed E-state index contributed by atoms with van der Waals surface area (Å²) in [5.74, 6) is 0.516. The molecule has 8 heteroatoms. The summed E-state index contributed by atoms with van der Waals surface area (Å²) >= 11 is 0. The molecule has 24 heavy (non-hydrogen) atoms. The molecule has 3 rings (SSSR count). The van der Waals surface area contributed by atoms with Gasteiger partial charge in [-0.15, -0.1) is 0 Å². The Bertz CT molecular complexity index is 705. The van der Waals surface area contributed by atoms with E-state index in [0.717, 1.165) is 10.5 Å². The summed E-state index contributed by atoms with van der Waals surface area (Å²) in [5.41, 5.74) is -0.0995. The SMILES string of the molecule is CC[C@@]1(C)NC(=O)N(CC(=O)NCc2ccc3c(c2)OCO3)C1=O. The molecule has 2 heterocycles. The highest BCUT2D eigenvalue weighted by molar-refractivity contribution is 6.08. The standard InChI is InChI=1S/C16H19N3O5/c1-3-16(2)14(21)19(15(22)18-16)8-13(20)17-7-10-4-5-11-12(6-10)24-9-23-11/h4-6H,3,7-9H2,1-2H3,(H,17,20)(H,18,22)/t16-/m1/s1. The maximum absolute atomic E-state index is 12.2. The van der Waals surface area contributed by atoms with Crippen LogP contribution in [0.15, 0.2) is 18.2 Å². The molecule has 2 aliphatic rings. The first-order chi connectivity index (χ1) is 11.4. The number of benzene rings is 1. The van der Waals surface area contributed by atoms with Crippen LogP contribution in [0, 0.1) is 0 Å². The number of carbonyl (C=O) groups is 3. The molecule has 128 valence electrons. The Morgan fingerprint density at radius 2 is 2.08 bits per heavy atom. The third-order valence-electron chi connectivity index (χ3n) is 4.28. The molecule has 0 aromatic heterocycles. The van der Waals surface area contributed by atoms with Gasteiger partial charge in [-0.05, 0) is 31.0 Å². The second kappa shape index (κ2) is 6.03. The molecular formula is C16H19N3O5. The van der Waals surface area contributed by atoms with Crippen molar-refractivity contribution < 1.29 is 23.9 Å². The van der Waals surface area contributed by atoms with Gasteiger partial charge in [0, 0.05) is 6.54 Å². The largest absolute Gasteiger partial charge is 0.454 e. The number of rotatable bonds is 5. The van der Waals surface area contributed by atoms with Crippen LogP contribution in [0.3, 0.4) is 0 Å². The fourth-order valence-electron chi connectivity index (χ4n) is 2.58. The highest BCUT2D eigenvalue weighted by Crippen LogP contribution is 2.32. The average molecular weight is 333 g/mol. The number of imide groups is 1. The van der Waals surface area contributed by atoms with Gasteiger partial charge in [0.15, 0.2) is 11.5 Å². The van der Waals surface area contributed by atoms with Crippen molar-refractivity contribution in [3.63, 3.8) is 0 Å². The Morgan fingerprint density at radius 3 is 2.79 bits per heavy atom. The van der Waals surface area contributed by atoms with Gasteiger partial charge in [0.05, 0.1) is 0 Å². The van der Waals surface area contributed by atoms with E-state index in [1.165, 1.54) is 0 Å². The maximum atomic E-state index is 12.2. The number of amides is 4. The molecule has 0 radical (unpaired) electrons. The topological polar surface area (TPSA) is 97.0 Å². The monoisotopic (exact) mass is 333 g/mol. The number of fused-ring (bicyclic) bond motifs is 1. The van der Waals surface area contributed by atoms with E-state index < -0.39 is 17.5 Å². The van der Waals surface area contributed by atoms with Crippen LogP contribution in [0.5, 0.6) is 11.5 Å². The van der Waals surface area contributed by atoms with Gasteiger partial charge in [-0.3, -0.25) is 14.5 Å². The van der Waals surface area contributed by atoms with E-state index in [-0.39, 0.29) is 25.8 Å². The van der Waals surface area contributed by atoms with Crippen LogP contribution in [0.1, 0.15) is 25.8 Å².